The molecule has 0 aliphatic carbocycles. The summed E-state index contributed by atoms with van der Waals surface area (Å²) < 4.78 is 0. The molecule has 0 saturated heterocycles. The number of aromatic hydroxyl groups is 1. The summed E-state index contributed by atoms with van der Waals surface area (Å²) in [5.74, 6) is 1.40. The maximum Gasteiger partial charge on any atom is 0.122 e. The zero-order valence-electron chi connectivity index (χ0n) is 7.26. The van der Waals surface area contributed by atoms with Gasteiger partial charge in [0.05, 0.1) is 0 Å². The van der Waals surface area contributed by atoms with E-state index in [1.54, 1.807) is 0 Å². The van der Waals surface area contributed by atoms with E-state index in [2.05, 4.69) is 0 Å². The fraction of sp³-hybridized carbons (Fsp3) is 0.400. The van der Waals surface area contributed by atoms with E-state index in [-0.39, 0.29) is 0 Å². The molecule has 0 amide bonds. The summed E-state index contributed by atoms with van der Waals surface area (Å²) in [6.45, 7) is 0. The first-order valence-corrected chi connectivity index (χ1v) is 5.28. The molecular formula is C10H12Cl2O. The van der Waals surface area contributed by atoms with E-state index < -0.39 is 0 Å². The molecule has 0 atom stereocenters. The van der Waals surface area contributed by atoms with Crippen molar-refractivity contribution in [3.63, 3.8) is 0 Å². The summed E-state index contributed by atoms with van der Waals surface area (Å²) in [5, 5.41) is 9.73. The molecule has 72 valence electrons. The zero-order valence-corrected chi connectivity index (χ0v) is 8.78. The van der Waals surface area contributed by atoms with Crippen LogP contribution in [0.5, 0.6) is 5.75 Å². The van der Waals surface area contributed by atoms with E-state index >= 15 is 0 Å². The minimum atomic E-state index is 0.351. The highest BCUT2D eigenvalue weighted by Crippen LogP contribution is 2.23. The Morgan fingerprint density at radius 1 is 1.00 bits per heavy atom. The maximum absolute atomic E-state index is 9.73. The molecule has 0 heterocycles. The second-order valence-electron chi connectivity index (χ2n) is 2.80. The van der Waals surface area contributed by atoms with E-state index in [1.165, 1.54) is 0 Å². The molecule has 1 aromatic rings. The first kappa shape index (κ1) is 10.7. The summed E-state index contributed by atoms with van der Waals surface area (Å²) in [4.78, 5) is 0. The molecule has 0 aromatic heterocycles. The monoisotopic (exact) mass is 218 g/mol. The van der Waals surface area contributed by atoms with Crippen molar-refractivity contribution in [1.29, 1.82) is 0 Å². The van der Waals surface area contributed by atoms with Crippen LogP contribution in [0.15, 0.2) is 18.2 Å². The van der Waals surface area contributed by atoms with Crippen LogP contribution in [0.25, 0.3) is 0 Å². The number of rotatable bonds is 4. The van der Waals surface area contributed by atoms with Crippen molar-refractivity contribution in [2.24, 2.45) is 0 Å². The van der Waals surface area contributed by atoms with Gasteiger partial charge in [-0.25, -0.2) is 0 Å². The van der Waals surface area contributed by atoms with Crippen molar-refractivity contribution in [3.8, 4) is 5.75 Å². The third-order valence-corrected chi connectivity index (χ3v) is 2.31. The predicted molar refractivity (Wildman–Crippen MR) is 57.0 cm³/mol. The number of phenols is 1. The second kappa shape index (κ2) is 5.36. The summed E-state index contributed by atoms with van der Waals surface area (Å²) in [6, 6.07) is 5.69. The van der Waals surface area contributed by atoms with Gasteiger partial charge in [0.25, 0.3) is 0 Å². The molecule has 0 fully saturated rings. The Morgan fingerprint density at radius 3 is 1.85 bits per heavy atom. The molecule has 1 rings (SSSR count). The van der Waals surface area contributed by atoms with Crippen molar-refractivity contribution in [2.75, 3.05) is 11.8 Å². The zero-order chi connectivity index (χ0) is 9.68. The highest BCUT2D eigenvalue weighted by Gasteiger charge is 2.05. The topological polar surface area (TPSA) is 20.2 Å². The molecule has 1 nitrogen and oxygen atoms in total. The van der Waals surface area contributed by atoms with Crippen molar-refractivity contribution < 1.29 is 5.11 Å². The lowest BCUT2D eigenvalue weighted by Crippen LogP contribution is -1.93. The smallest absolute Gasteiger partial charge is 0.122 e. The summed E-state index contributed by atoms with van der Waals surface area (Å²) in [6.07, 6.45) is 1.40. The lowest BCUT2D eigenvalue weighted by Gasteiger charge is -2.06. The third kappa shape index (κ3) is 2.78. The summed E-state index contributed by atoms with van der Waals surface area (Å²) >= 11 is 11.2. The summed E-state index contributed by atoms with van der Waals surface area (Å²) in [7, 11) is 0. The normalized spacial score (nSPS) is 10.3. The molecule has 0 radical (unpaired) electrons. The van der Waals surface area contributed by atoms with E-state index in [1.807, 2.05) is 18.2 Å². The number of alkyl halides is 2. The molecule has 3 heteroatoms. The molecule has 0 unspecified atom stereocenters. The molecule has 1 aromatic carbocycles. The molecule has 0 spiro atoms. The van der Waals surface area contributed by atoms with Gasteiger partial charge < -0.3 is 5.11 Å². The first-order chi connectivity index (χ1) is 6.29. The average molecular weight is 219 g/mol. The quantitative estimate of drug-likeness (QED) is 0.772. The minimum absolute atomic E-state index is 0.351. The molecule has 0 aliphatic heterocycles. The summed E-state index contributed by atoms with van der Waals surface area (Å²) in [5.41, 5.74) is 1.80. The van der Waals surface area contributed by atoms with Gasteiger partial charge >= 0.3 is 0 Å². The Balaban J connectivity index is 2.89. The van der Waals surface area contributed by atoms with Crippen LogP contribution in [-0.2, 0) is 12.8 Å². The largest absolute Gasteiger partial charge is 0.507 e. The lowest BCUT2D eigenvalue weighted by atomic mass is 10.1. The Morgan fingerprint density at radius 2 is 1.46 bits per heavy atom. The van der Waals surface area contributed by atoms with E-state index in [0.717, 1.165) is 11.1 Å². The second-order valence-corrected chi connectivity index (χ2v) is 3.56. The molecule has 0 saturated carbocycles. The van der Waals surface area contributed by atoms with Gasteiger partial charge in [-0.05, 0) is 24.0 Å². The number of hydrogen-bond acceptors (Lipinski definition) is 1. The maximum atomic E-state index is 9.73. The van der Waals surface area contributed by atoms with E-state index in [9.17, 15) is 5.11 Å². The van der Waals surface area contributed by atoms with Crippen LogP contribution >= 0.6 is 23.2 Å². The Kier molecular flexibility index (Phi) is 4.40. The fourth-order valence-corrected chi connectivity index (χ4v) is 1.66. The van der Waals surface area contributed by atoms with Crippen molar-refractivity contribution >= 4 is 23.2 Å². The van der Waals surface area contributed by atoms with Crippen LogP contribution < -0.4 is 0 Å². The van der Waals surface area contributed by atoms with Crippen molar-refractivity contribution in [1.82, 2.24) is 0 Å². The van der Waals surface area contributed by atoms with E-state index in [4.69, 9.17) is 23.2 Å². The van der Waals surface area contributed by atoms with Crippen LogP contribution in [-0.4, -0.2) is 16.9 Å². The molecule has 1 N–H and O–H groups in total. The molecular weight excluding hydrogens is 207 g/mol. The SMILES string of the molecule is Oc1c(CCCl)cccc1CCCl. The lowest BCUT2D eigenvalue weighted by molar-refractivity contribution is 0.462. The number of aryl methyl sites for hydroxylation is 2. The van der Waals surface area contributed by atoms with Gasteiger partial charge in [-0.3, -0.25) is 0 Å². The van der Waals surface area contributed by atoms with Crippen molar-refractivity contribution in [2.45, 2.75) is 12.8 Å². The Bertz CT molecular complexity index is 249. The van der Waals surface area contributed by atoms with Crippen LogP contribution in [0.2, 0.25) is 0 Å². The molecule has 0 bridgehead atoms. The van der Waals surface area contributed by atoms with E-state index in [0.29, 0.717) is 30.4 Å². The average Bonchev–Trinajstić information content (AvgIpc) is 2.13. The Hall–Kier alpha value is -0.400. The van der Waals surface area contributed by atoms with Crippen LogP contribution in [0.1, 0.15) is 11.1 Å². The highest BCUT2D eigenvalue weighted by molar-refractivity contribution is 6.18. The number of benzene rings is 1. The van der Waals surface area contributed by atoms with Gasteiger partial charge in [0, 0.05) is 11.8 Å². The number of phenolic OH excluding ortho intramolecular Hbond substituents is 1. The standard InChI is InChI=1S/C10H12Cl2O/c11-6-4-8-2-1-3-9(5-7-12)10(8)13/h1-3,13H,4-7H2. The van der Waals surface area contributed by atoms with Gasteiger partial charge in [-0.15, -0.1) is 23.2 Å². The highest BCUT2D eigenvalue weighted by atomic mass is 35.5. The van der Waals surface area contributed by atoms with Gasteiger partial charge in [-0.1, -0.05) is 18.2 Å². The predicted octanol–water partition coefficient (Wildman–Crippen LogP) is 2.95. The van der Waals surface area contributed by atoms with Gasteiger partial charge in [0.2, 0.25) is 0 Å². The number of hydrogen-bond donors (Lipinski definition) is 1. The van der Waals surface area contributed by atoms with Crippen LogP contribution in [0, 0.1) is 0 Å². The van der Waals surface area contributed by atoms with Crippen molar-refractivity contribution in [3.05, 3.63) is 29.3 Å². The minimum Gasteiger partial charge on any atom is -0.507 e. The van der Waals surface area contributed by atoms with Crippen LogP contribution in [0.4, 0.5) is 0 Å². The number of halogens is 2. The number of para-hydroxylation sites is 1. The van der Waals surface area contributed by atoms with Gasteiger partial charge in [-0.2, -0.15) is 0 Å². The first-order valence-electron chi connectivity index (χ1n) is 4.21. The molecule has 0 aliphatic rings. The fourth-order valence-electron chi connectivity index (χ4n) is 1.25. The molecule has 13 heavy (non-hydrogen) atoms. The Labute approximate surface area is 88.3 Å². The third-order valence-electron chi connectivity index (χ3n) is 1.93. The van der Waals surface area contributed by atoms with Crippen LogP contribution in [0.3, 0.4) is 0 Å². The van der Waals surface area contributed by atoms with Gasteiger partial charge in [0.1, 0.15) is 5.75 Å². The van der Waals surface area contributed by atoms with Gasteiger partial charge in [0.15, 0.2) is 0 Å².